The SMILES string of the molecule is CCOC(=O)C(Nc1cc(C)cc(F)c1)c1cncs1. The lowest BCUT2D eigenvalue weighted by atomic mass is 10.2. The van der Waals surface area contributed by atoms with Crippen LogP contribution < -0.4 is 5.32 Å². The van der Waals surface area contributed by atoms with Gasteiger partial charge in [-0.05, 0) is 37.6 Å². The van der Waals surface area contributed by atoms with Crippen molar-refractivity contribution in [3.8, 4) is 0 Å². The molecule has 6 heteroatoms. The van der Waals surface area contributed by atoms with Crippen LogP contribution in [0, 0.1) is 12.7 Å². The molecule has 0 aliphatic carbocycles. The predicted molar refractivity (Wildman–Crippen MR) is 76.2 cm³/mol. The van der Waals surface area contributed by atoms with Gasteiger partial charge in [0.1, 0.15) is 5.82 Å². The first-order chi connectivity index (χ1) is 9.60. The van der Waals surface area contributed by atoms with Gasteiger partial charge in [0, 0.05) is 11.9 Å². The highest BCUT2D eigenvalue weighted by Gasteiger charge is 2.23. The number of hydrogen-bond acceptors (Lipinski definition) is 5. The van der Waals surface area contributed by atoms with E-state index in [0.717, 1.165) is 10.4 Å². The highest BCUT2D eigenvalue weighted by atomic mass is 32.1. The van der Waals surface area contributed by atoms with Gasteiger partial charge in [0.25, 0.3) is 0 Å². The summed E-state index contributed by atoms with van der Waals surface area (Å²) in [6, 6.07) is 3.87. The van der Waals surface area contributed by atoms with Crippen molar-refractivity contribution < 1.29 is 13.9 Å². The monoisotopic (exact) mass is 294 g/mol. The van der Waals surface area contributed by atoms with Crippen LogP contribution in [0.1, 0.15) is 23.4 Å². The van der Waals surface area contributed by atoms with Gasteiger partial charge in [-0.25, -0.2) is 9.18 Å². The van der Waals surface area contributed by atoms with Gasteiger partial charge >= 0.3 is 5.97 Å². The van der Waals surface area contributed by atoms with Gasteiger partial charge in [-0.2, -0.15) is 0 Å². The van der Waals surface area contributed by atoms with E-state index in [0.29, 0.717) is 5.69 Å². The van der Waals surface area contributed by atoms with Crippen LogP contribution in [0.5, 0.6) is 0 Å². The Bertz CT molecular complexity index is 567. The third kappa shape index (κ3) is 3.54. The second-order valence-corrected chi connectivity index (χ2v) is 5.17. The van der Waals surface area contributed by atoms with Gasteiger partial charge in [-0.3, -0.25) is 4.98 Å². The lowest BCUT2D eigenvalue weighted by molar-refractivity contribution is -0.144. The molecule has 4 nitrogen and oxygen atoms in total. The van der Waals surface area contributed by atoms with Crippen LogP contribution in [-0.4, -0.2) is 17.6 Å². The molecule has 2 rings (SSSR count). The largest absolute Gasteiger partial charge is 0.464 e. The summed E-state index contributed by atoms with van der Waals surface area (Å²) in [4.78, 5) is 16.7. The molecule has 0 fully saturated rings. The normalized spacial score (nSPS) is 11.9. The lowest BCUT2D eigenvalue weighted by Gasteiger charge is -2.17. The molecule has 0 saturated carbocycles. The Kier molecular flexibility index (Phi) is 4.68. The molecule has 2 aromatic rings. The van der Waals surface area contributed by atoms with Crippen molar-refractivity contribution in [2.45, 2.75) is 19.9 Å². The van der Waals surface area contributed by atoms with Crippen molar-refractivity contribution in [2.75, 3.05) is 11.9 Å². The smallest absolute Gasteiger partial charge is 0.334 e. The number of ether oxygens (including phenoxy) is 1. The van der Waals surface area contributed by atoms with E-state index < -0.39 is 12.0 Å². The molecule has 1 aromatic heterocycles. The molecule has 0 aliphatic rings. The Morgan fingerprint density at radius 2 is 2.30 bits per heavy atom. The van der Waals surface area contributed by atoms with Crippen LogP contribution in [0.15, 0.2) is 29.9 Å². The fourth-order valence-corrected chi connectivity index (χ4v) is 2.48. The molecule has 0 aliphatic heterocycles. The minimum atomic E-state index is -0.677. The molecule has 0 saturated heterocycles. The van der Waals surface area contributed by atoms with Gasteiger partial charge in [-0.1, -0.05) is 0 Å². The summed E-state index contributed by atoms with van der Waals surface area (Å²) in [5.41, 5.74) is 2.95. The number of nitrogens with zero attached hydrogens (tertiary/aromatic N) is 1. The number of rotatable bonds is 5. The quantitative estimate of drug-likeness (QED) is 0.860. The van der Waals surface area contributed by atoms with Crippen molar-refractivity contribution >= 4 is 23.0 Å². The van der Waals surface area contributed by atoms with E-state index in [1.54, 1.807) is 31.6 Å². The van der Waals surface area contributed by atoms with Crippen LogP contribution in [-0.2, 0) is 9.53 Å². The summed E-state index contributed by atoms with van der Waals surface area (Å²) in [6.07, 6.45) is 1.60. The second-order valence-electron chi connectivity index (χ2n) is 4.25. The number of nitrogens with one attached hydrogen (secondary N) is 1. The summed E-state index contributed by atoms with van der Waals surface area (Å²) in [5, 5.41) is 3.00. The number of carbonyl (C=O) groups is 1. The minimum absolute atomic E-state index is 0.290. The summed E-state index contributed by atoms with van der Waals surface area (Å²) in [7, 11) is 0. The first kappa shape index (κ1) is 14.5. The third-order valence-corrected chi connectivity index (χ3v) is 3.45. The zero-order valence-electron chi connectivity index (χ0n) is 11.2. The molecule has 1 atom stereocenters. The molecule has 0 amide bonds. The minimum Gasteiger partial charge on any atom is -0.464 e. The van der Waals surface area contributed by atoms with Crippen molar-refractivity contribution in [3.05, 3.63) is 46.2 Å². The van der Waals surface area contributed by atoms with E-state index in [1.165, 1.54) is 23.5 Å². The fraction of sp³-hybridized carbons (Fsp3) is 0.286. The zero-order chi connectivity index (χ0) is 14.5. The molecular weight excluding hydrogens is 279 g/mol. The summed E-state index contributed by atoms with van der Waals surface area (Å²) in [5.74, 6) is -0.752. The van der Waals surface area contributed by atoms with Crippen LogP contribution in [0.3, 0.4) is 0 Å². The molecule has 0 spiro atoms. The molecule has 1 heterocycles. The predicted octanol–water partition coefficient (Wildman–Crippen LogP) is 3.31. The molecule has 1 aromatic carbocycles. The first-order valence-corrected chi connectivity index (χ1v) is 7.07. The highest BCUT2D eigenvalue weighted by molar-refractivity contribution is 7.09. The third-order valence-electron chi connectivity index (χ3n) is 2.61. The Hall–Kier alpha value is -1.95. The number of anilines is 1. The summed E-state index contributed by atoms with van der Waals surface area (Å²) < 4.78 is 18.4. The molecular formula is C14H15FN2O2S. The average Bonchev–Trinajstić information content (AvgIpc) is 2.88. The van der Waals surface area contributed by atoms with Crippen molar-refractivity contribution in [2.24, 2.45) is 0 Å². The summed E-state index contributed by atoms with van der Waals surface area (Å²) >= 11 is 1.34. The highest BCUT2D eigenvalue weighted by Crippen LogP contribution is 2.25. The van der Waals surface area contributed by atoms with Crippen LogP contribution >= 0.6 is 11.3 Å². The number of aromatic nitrogens is 1. The van der Waals surface area contributed by atoms with Crippen LogP contribution in [0.2, 0.25) is 0 Å². The Morgan fingerprint density at radius 3 is 2.90 bits per heavy atom. The van der Waals surface area contributed by atoms with E-state index in [-0.39, 0.29) is 12.4 Å². The number of esters is 1. The first-order valence-electron chi connectivity index (χ1n) is 6.19. The molecule has 20 heavy (non-hydrogen) atoms. The fourth-order valence-electron chi connectivity index (χ4n) is 1.83. The van der Waals surface area contributed by atoms with E-state index >= 15 is 0 Å². The van der Waals surface area contributed by atoms with Gasteiger partial charge in [0.2, 0.25) is 0 Å². The summed E-state index contributed by atoms with van der Waals surface area (Å²) in [6.45, 7) is 3.83. The number of benzene rings is 1. The maximum Gasteiger partial charge on any atom is 0.334 e. The lowest BCUT2D eigenvalue weighted by Crippen LogP contribution is -2.22. The molecule has 1 unspecified atom stereocenters. The topological polar surface area (TPSA) is 51.2 Å². The van der Waals surface area contributed by atoms with E-state index in [4.69, 9.17) is 4.74 Å². The van der Waals surface area contributed by atoms with E-state index in [9.17, 15) is 9.18 Å². The molecule has 1 N–H and O–H groups in total. The Labute approximate surface area is 120 Å². The zero-order valence-corrected chi connectivity index (χ0v) is 12.0. The average molecular weight is 294 g/mol. The number of halogens is 1. The maximum atomic E-state index is 13.4. The standard InChI is InChI=1S/C14H15FN2O2S/c1-3-19-14(18)13(12-7-16-8-20-12)17-11-5-9(2)4-10(15)6-11/h4-8,13,17H,3H2,1-2H3. The number of aryl methyl sites for hydroxylation is 1. The van der Waals surface area contributed by atoms with E-state index in [1.807, 2.05) is 0 Å². The van der Waals surface area contributed by atoms with Gasteiger partial charge < -0.3 is 10.1 Å². The van der Waals surface area contributed by atoms with Crippen molar-refractivity contribution in [1.29, 1.82) is 0 Å². The Balaban J connectivity index is 2.25. The van der Waals surface area contributed by atoms with Crippen LogP contribution in [0.4, 0.5) is 10.1 Å². The van der Waals surface area contributed by atoms with Crippen LogP contribution in [0.25, 0.3) is 0 Å². The molecule has 106 valence electrons. The maximum absolute atomic E-state index is 13.4. The molecule has 0 bridgehead atoms. The van der Waals surface area contributed by atoms with Crippen molar-refractivity contribution in [3.63, 3.8) is 0 Å². The van der Waals surface area contributed by atoms with Gasteiger partial charge in [-0.15, -0.1) is 11.3 Å². The van der Waals surface area contributed by atoms with E-state index in [2.05, 4.69) is 10.3 Å². The second kappa shape index (κ2) is 6.47. The number of thiazole rings is 1. The van der Waals surface area contributed by atoms with Gasteiger partial charge in [0.15, 0.2) is 6.04 Å². The van der Waals surface area contributed by atoms with Gasteiger partial charge in [0.05, 0.1) is 17.0 Å². The number of hydrogen-bond donors (Lipinski definition) is 1. The molecule has 0 radical (unpaired) electrons. The number of carbonyl (C=O) groups excluding carboxylic acids is 1. The Morgan fingerprint density at radius 1 is 1.50 bits per heavy atom. The van der Waals surface area contributed by atoms with Crippen molar-refractivity contribution in [1.82, 2.24) is 4.98 Å².